The van der Waals surface area contributed by atoms with Crippen LogP contribution in [0.15, 0.2) is 18.2 Å². The average Bonchev–Trinajstić information content (AvgIpc) is 2.43. The molecule has 5 nitrogen and oxygen atoms in total. The number of fused-ring (bicyclic) bond motifs is 1. The molecule has 0 aromatic heterocycles. The fraction of sp³-hybridized carbons (Fsp3) is 0.462. The maximum absolute atomic E-state index is 11.9. The van der Waals surface area contributed by atoms with Gasteiger partial charge >= 0.3 is 0 Å². The van der Waals surface area contributed by atoms with Crippen molar-refractivity contribution in [3.05, 3.63) is 23.8 Å². The maximum atomic E-state index is 11.9. The van der Waals surface area contributed by atoms with Crippen LogP contribution in [0.25, 0.3) is 0 Å². The molecule has 1 aromatic rings. The van der Waals surface area contributed by atoms with Gasteiger partial charge in [-0.1, -0.05) is 6.92 Å². The first-order valence-corrected chi connectivity index (χ1v) is 6.14. The third-order valence-corrected chi connectivity index (χ3v) is 2.85. The largest absolute Gasteiger partial charge is 0.486 e. The lowest BCUT2D eigenvalue weighted by atomic mass is 10.1. The number of nitrogens with one attached hydrogen (secondary N) is 1. The number of ether oxygens (including phenoxy) is 2. The summed E-state index contributed by atoms with van der Waals surface area (Å²) in [6, 6.07) is 5.16. The molecule has 0 saturated heterocycles. The molecule has 0 spiro atoms. The Morgan fingerprint density at radius 2 is 2.11 bits per heavy atom. The Morgan fingerprint density at radius 3 is 2.83 bits per heavy atom. The van der Waals surface area contributed by atoms with Crippen molar-refractivity contribution in [2.24, 2.45) is 5.73 Å². The van der Waals surface area contributed by atoms with Crippen LogP contribution in [0.2, 0.25) is 0 Å². The SMILES string of the molecule is CCC(N)CNC(=O)c1ccc2c(c1)OCCO2. The van der Waals surface area contributed by atoms with Gasteiger partial charge in [-0.25, -0.2) is 0 Å². The average molecular weight is 250 g/mol. The van der Waals surface area contributed by atoms with Crippen LogP contribution in [0.4, 0.5) is 0 Å². The topological polar surface area (TPSA) is 73.6 Å². The predicted octanol–water partition coefficient (Wildman–Crippen LogP) is 0.925. The molecule has 0 bridgehead atoms. The molecule has 0 fully saturated rings. The van der Waals surface area contributed by atoms with Crippen LogP contribution < -0.4 is 20.5 Å². The molecule has 5 heteroatoms. The fourth-order valence-electron chi connectivity index (χ4n) is 1.65. The smallest absolute Gasteiger partial charge is 0.251 e. The van der Waals surface area contributed by atoms with E-state index in [4.69, 9.17) is 15.2 Å². The van der Waals surface area contributed by atoms with Crippen LogP contribution in [0.5, 0.6) is 11.5 Å². The van der Waals surface area contributed by atoms with E-state index < -0.39 is 0 Å². The summed E-state index contributed by atoms with van der Waals surface area (Å²) in [5.74, 6) is 1.16. The summed E-state index contributed by atoms with van der Waals surface area (Å²) < 4.78 is 10.8. The molecule has 1 aliphatic heterocycles. The minimum Gasteiger partial charge on any atom is -0.486 e. The molecule has 0 saturated carbocycles. The maximum Gasteiger partial charge on any atom is 0.251 e. The van der Waals surface area contributed by atoms with Gasteiger partial charge in [-0.05, 0) is 24.6 Å². The van der Waals surface area contributed by atoms with Crippen molar-refractivity contribution in [2.45, 2.75) is 19.4 Å². The van der Waals surface area contributed by atoms with Gasteiger partial charge in [-0.15, -0.1) is 0 Å². The van der Waals surface area contributed by atoms with Crippen LogP contribution >= 0.6 is 0 Å². The van der Waals surface area contributed by atoms with Gasteiger partial charge in [0.25, 0.3) is 5.91 Å². The minimum absolute atomic E-state index is 0.00818. The molecule has 1 atom stereocenters. The fourth-order valence-corrected chi connectivity index (χ4v) is 1.65. The van der Waals surface area contributed by atoms with Crippen molar-refractivity contribution >= 4 is 5.91 Å². The minimum atomic E-state index is -0.143. The molecule has 1 unspecified atom stereocenters. The lowest BCUT2D eigenvalue weighted by molar-refractivity contribution is 0.0949. The Labute approximate surface area is 106 Å². The highest BCUT2D eigenvalue weighted by Crippen LogP contribution is 2.30. The Morgan fingerprint density at radius 1 is 1.39 bits per heavy atom. The Balaban J connectivity index is 2.02. The monoisotopic (exact) mass is 250 g/mol. The van der Waals surface area contributed by atoms with Crippen LogP contribution in [0.1, 0.15) is 23.7 Å². The third-order valence-electron chi connectivity index (χ3n) is 2.85. The Kier molecular flexibility index (Phi) is 4.04. The molecular weight excluding hydrogens is 232 g/mol. The second-order valence-electron chi connectivity index (χ2n) is 4.24. The van der Waals surface area contributed by atoms with E-state index in [0.717, 1.165) is 6.42 Å². The first-order chi connectivity index (χ1) is 8.70. The number of carbonyl (C=O) groups is 1. The van der Waals surface area contributed by atoms with Crippen molar-refractivity contribution in [3.8, 4) is 11.5 Å². The summed E-state index contributed by atoms with van der Waals surface area (Å²) in [6.45, 7) is 3.52. The number of rotatable bonds is 4. The zero-order chi connectivity index (χ0) is 13.0. The van der Waals surface area contributed by atoms with E-state index in [0.29, 0.717) is 36.8 Å². The van der Waals surface area contributed by atoms with Crippen molar-refractivity contribution < 1.29 is 14.3 Å². The third kappa shape index (κ3) is 2.92. The first kappa shape index (κ1) is 12.7. The molecule has 1 aromatic carbocycles. The van der Waals surface area contributed by atoms with Gasteiger partial charge in [0.15, 0.2) is 11.5 Å². The Bertz CT molecular complexity index is 434. The van der Waals surface area contributed by atoms with Gasteiger partial charge < -0.3 is 20.5 Å². The van der Waals surface area contributed by atoms with E-state index in [1.54, 1.807) is 18.2 Å². The van der Waals surface area contributed by atoms with Gasteiger partial charge in [0, 0.05) is 18.2 Å². The standard InChI is InChI=1S/C13H18N2O3/c1-2-10(14)8-15-13(16)9-3-4-11-12(7-9)18-6-5-17-11/h3-4,7,10H,2,5-6,8,14H2,1H3,(H,15,16). The summed E-state index contributed by atoms with van der Waals surface area (Å²) in [5, 5.41) is 2.80. The van der Waals surface area contributed by atoms with Crippen LogP contribution in [-0.4, -0.2) is 31.7 Å². The molecule has 2 rings (SSSR count). The molecular formula is C13H18N2O3. The highest BCUT2D eigenvalue weighted by molar-refractivity contribution is 5.94. The van der Waals surface area contributed by atoms with Crippen molar-refractivity contribution in [1.82, 2.24) is 5.32 Å². The van der Waals surface area contributed by atoms with E-state index in [1.165, 1.54) is 0 Å². The normalized spacial score (nSPS) is 15.0. The zero-order valence-electron chi connectivity index (χ0n) is 10.4. The van der Waals surface area contributed by atoms with E-state index in [9.17, 15) is 4.79 Å². The van der Waals surface area contributed by atoms with Crippen molar-refractivity contribution in [1.29, 1.82) is 0 Å². The number of nitrogens with two attached hydrogens (primary N) is 1. The summed E-state index contributed by atoms with van der Waals surface area (Å²) in [6.07, 6.45) is 0.835. The summed E-state index contributed by atoms with van der Waals surface area (Å²) >= 11 is 0. The number of benzene rings is 1. The van der Waals surface area contributed by atoms with Gasteiger partial charge in [0.2, 0.25) is 0 Å². The van der Waals surface area contributed by atoms with Gasteiger partial charge in [-0.2, -0.15) is 0 Å². The molecule has 0 radical (unpaired) electrons. The van der Waals surface area contributed by atoms with Crippen LogP contribution in [0, 0.1) is 0 Å². The van der Waals surface area contributed by atoms with Crippen molar-refractivity contribution in [2.75, 3.05) is 19.8 Å². The van der Waals surface area contributed by atoms with Crippen LogP contribution in [-0.2, 0) is 0 Å². The molecule has 1 heterocycles. The van der Waals surface area contributed by atoms with E-state index in [2.05, 4.69) is 5.32 Å². The molecule has 1 aliphatic rings. The number of amides is 1. The number of hydrogen-bond acceptors (Lipinski definition) is 4. The highest BCUT2D eigenvalue weighted by Gasteiger charge is 2.15. The number of hydrogen-bond donors (Lipinski definition) is 2. The molecule has 0 aliphatic carbocycles. The van der Waals surface area contributed by atoms with Crippen LogP contribution in [0.3, 0.4) is 0 Å². The summed E-state index contributed by atoms with van der Waals surface area (Å²) in [5.41, 5.74) is 6.31. The highest BCUT2D eigenvalue weighted by atomic mass is 16.6. The molecule has 3 N–H and O–H groups in total. The van der Waals surface area contributed by atoms with Gasteiger partial charge in [0.1, 0.15) is 13.2 Å². The first-order valence-electron chi connectivity index (χ1n) is 6.14. The lowest BCUT2D eigenvalue weighted by Gasteiger charge is -2.19. The number of carbonyl (C=O) groups excluding carboxylic acids is 1. The zero-order valence-corrected chi connectivity index (χ0v) is 10.4. The second-order valence-corrected chi connectivity index (χ2v) is 4.24. The molecule has 18 heavy (non-hydrogen) atoms. The molecule has 98 valence electrons. The summed E-state index contributed by atoms with van der Waals surface area (Å²) in [4.78, 5) is 11.9. The summed E-state index contributed by atoms with van der Waals surface area (Å²) in [7, 11) is 0. The second kappa shape index (κ2) is 5.73. The Hall–Kier alpha value is -1.75. The molecule has 1 amide bonds. The lowest BCUT2D eigenvalue weighted by Crippen LogP contribution is -2.36. The predicted molar refractivity (Wildman–Crippen MR) is 68.0 cm³/mol. The van der Waals surface area contributed by atoms with Gasteiger partial charge in [-0.3, -0.25) is 4.79 Å². The van der Waals surface area contributed by atoms with E-state index >= 15 is 0 Å². The quantitative estimate of drug-likeness (QED) is 0.833. The van der Waals surface area contributed by atoms with E-state index in [-0.39, 0.29) is 11.9 Å². The van der Waals surface area contributed by atoms with Gasteiger partial charge in [0.05, 0.1) is 0 Å². The van der Waals surface area contributed by atoms with E-state index in [1.807, 2.05) is 6.92 Å². The van der Waals surface area contributed by atoms with Crippen molar-refractivity contribution in [3.63, 3.8) is 0 Å².